The van der Waals surface area contributed by atoms with Crippen molar-refractivity contribution >= 4 is 28.9 Å². The number of benzene rings is 1. The van der Waals surface area contributed by atoms with Crippen LogP contribution in [-0.4, -0.2) is 25.4 Å². The topological polar surface area (TPSA) is 96.6 Å². The lowest BCUT2D eigenvalue weighted by Gasteiger charge is -2.18. The summed E-state index contributed by atoms with van der Waals surface area (Å²) in [5.74, 6) is -1.19. The molecule has 0 aliphatic carbocycles. The molecule has 0 fully saturated rings. The predicted molar refractivity (Wildman–Crippen MR) is 115 cm³/mol. The van der Waals surface area contributed by atoms with Gasteiger partial charge >= 0.3 is 5.97 Å². The number of carbonyl (C=O) groups is 1. The van der Waals surface area contributed by atoms with Gasteiger partial charge in [-0.25, -0.2) is 14.8 Å². The van der Waals surface area contributed by atoms with Gasteiger partial charge in [-0.05, 0) is 25.1 Å². The van der Waals surface area contributed by atoms with E-state index in [1.807, 2.05) is 43.3 Å². The van der Waals surface area contributed by atoms with Gasteiger partial charge in [0.15, 0.2) is 5.69 Å². The van der Waals surface area contributed by atoms with Gasteiger partial charge in [-0.3, -0.25) is 9.20 Å². The predicted octanol–water partition coefficient (Wildman–Crippen LogP) is 4.28. The molecule has 0 amide bonds. The zero-order valence-electron chi connectivity index (χ0n) is 15.9. The summed E-state index contributed by atoms with van der Waals surface area (Å²) in [5, 5.41) is 12.7. The average Bonchev–Trinajstić information content (AvgIpc) is 2.75. The summed E-state index contributed by atoms with van der Waals surface area (Å²) in [6.07, 6.45) is 1.65. The highest BCUT2D eigenvalue weighted by Crippen LogP contribution is 2.26. The van der Waals surface area contributed by atoms with E-state index in [9.17, 15) is 14.7 Å². The molecule has 150 valence electrons. The molecule has 0 spiro atoms. The molecule has 4 aromatic rings. The molecule has 2 N–H and O–H groups in total. The summed E-state index contributed by atoms with van der Waals surface area (Å²) in [6, 6.07) is 17.3. The van der Waals surface area contributed by atoms with Crippen LogP contribution in [-0.2, 0) is 0 Å². The number of fused-ring (bicyclic) bond motifs is 1. The molecule has 0 unspecified atom stereocenters. The monoisotopic (exact) mass is 420 g/mol. The van der Waals surface area contributed by atoms with Gasteiger partial charge in [-0.2, -0.15) is 0 Å². The first-order valence-electron chi connectivity index (χ1n) is 9.18. The van der Waals surface area contributed by atoms with Crippen LogP contribution in [0.25, 0.3) is 16.9 Å². The summed E-state index contributed by atoms with van der Waals surface area (Å²) in [5.41, 5.74) is 2.57. The number of halogens is 1. The quantitative estimate of drug-likeness (QED) is 0.468. The number of carboxylic acid groups (broad SMARTS) is 1. The third kappa shape index (κ3) is 3.75. The fourth-order valence-corrected chi connectivity index (χ4v) is 3.41. The number of hydrogen-bond acceptors (Lipinski definition) is 5. The molecule has 3 aromatic heterocycles. The van der Waals surface area contributed by atoms with E-state index in [0.717, 1.165) is 11.1 Å². The van der Waals surface area contributed by atoms with E-state index in [1.54, 1.807) is 18.3 Å². The maximum absolute atomic E-state index is 12.7. The van der Waals surface area contributed by atoms with Crippen molar-refractivity contribution in [1.29, 1.82) is 0 Å². The van der Waals surface area contributed by atoms with E-state index in [4.69, 9.17) is 16.6 Å². The average molecular weight is 421 g/mol. The molecular weight excluding hydrogens is 404 g/mol. The summed E-state index contributed by atoms with van der Waals surface area (Å²) < 4.78 is 1.47. The molecule has 0 radical (unpaired) electrons. The zero-order valence-corrected chi connectivity index (χ0v) is 16.7. The van der Waals surface area contributed by atoms with E-state index >= 15 is 0 Å². The molecule has 3 heterocycles. The van der Waals surface area contributed by atoms with Gasteiger partial charge in [0.05, 0.1) is 17.4 Å². The largest absolute Gasteiger partial charge is 0.476 e. The molecule has 1 atom stereocenters. The Hall–Kier alpha value is -3.71. The first-order chi connectivity index (χ1) is 14.4. The minimum absolute atomic E-state index is 0.0940. The van der Waals surface area contributed by atoms with Crippen LogP contribution in [0.15, 0.2) is 71.7 Å². The van der Waals surface area contributed by atoms with Gasteiger partial charge in [-0.15, -0.1) is 0 Å². The lowest BCUT2D eigenvalue weighted by atomic mass is 10.1. The molecule has 1 aromatic carbocycles. The Labute approximate surface area is 176 Å². The van der Waals surface area contributed by atoms with Gasteiger partial charge in [0.2, 0.25) is 0 Å². The Kier molecular flexibility index (Phi) is 5.20. The highest BCUT2D eigenvalue weighted by atomic mass is 35.5. The van der Waals surface area contributed by atoms with Crippen molar-refractivity contribution in [2.24, 2.45) is 0 Å². The van der Waals surface area contributed by atoms with Crippen molar-refractivity contribution in [1.82, 2.24) is 14.4 Å². The Morgan fingerprint density at radius 2 is 1.87 bits per heavy atom. The number of anilines is 1. The third-order valence-electron chi connectivity index (χ3n) is 4.69. The fraction of sp³-hybridized carbons (Fsp3) is 0.0909. The van der Waals surface area contributed by atoms with Crippen molar-refractivity contribution in [3.63, 3.8) is 0 Å². The number of aromatic carboxylic acids is 1. The number of hydrogen-bond donors (Lipinski definition) is 2. The lowest BCUT2D eigenvalue weighted by Crippen LogP contribution is -2.18. The van der Waals surface area contributed by atoms with Crippen LogP contribution in [0.4, 0.5) is 5.69 Å². The highest BCUT2D eigenvalue weighted by molar-refractivity contribution is 6.29. The van der Waals surface area contributed by atoms with Gasteiger partial charge in [0.25, 0.3) is 5.56 Å². The van der Waals surface area contributed by atoms with Crippen molar-refractivity contribution in [3.8, 4) is 11.3 Å². The van der Waals surface area contributed by atoms with Gasteiger partial charge in [0, 0.05) is 23.4 Å². The molecule has 8 heteroatoms. The van der Waals surface area contributed by atoms with E-state index in [0.29, 0.717) is 17.0 Å². The molecule has 0 saturated heterocycles. The van der Waals surface area contributed by atoms with E-state index in [-0.39, 0.29) is 22.4 Å². The van der Waals surface area contributed by atoms with Crippen LogP contribution >= 0.6 is 11.6 Å². The Morgan fingerprint density at radius 1 is 1.10 bits per heavy atom. The molecule has 4 rings (SSSR count). The van der Waals surface area contributed by atoms with Crippen molar-refractivity contribution < 1.29 is 9.90 Å². The van der Waals surface area contributed by atoms with Crippen LogP contribution in [0.5, 0.6) is 0 Å². The fourth-order valence-electron chi connectivity index (χ4n) is 3.27. The smallest absolute Gasteiger partial charge is 0.356 e. The number of rotatable bonds is 5. The molecule has 30 heavy (non-hydrogen) atoms. The second kappa shape index (κ2) is 7.96. The summed E-state index contributed by atoms with van der Waals surface area (Å²) in [7, 11) is 0. The Balaban J connectivity index is 1.80. The van der Waals surface area contributed by atoms with Crippen LogP contribution in [0.1, 0.15) is 29.0 Å². The first-order valence-corrected chi connectivity index (χ1v) is 9.56. The number of nitrogens with zero attached hydrogens (tertiary/aromatic N) is 3. The van der Waals surface area contributed by atoms with E-state index in [2.05, 4.69) is 10.3 Å². The van der Waals surface area contributed by atoms with E-state index in [1.165, 1.54) is 16.5 Å². The third-order valence-corrected chi connectivity index (χ3v) is 4.90. The highest BCUT2D eigenvalue weighted by Gasteiger charge is 2.18. The maximum Gasteiger partial charge on any atom is 0.356 e. The number of aromatic nitrogens is 3. The summed E-state index contributed by atoms with van der Waals surface area (Å²) in [4.78, 5) is 32.8. The van der Waals surface area contributed by atoms with Gasteiger partial charge in [0.1, 0.15) is 10.8 Å². The summed E-state index contributed by atoms with van der Waals surface area (Å²) in [6.45, 7) is 1.86. The first kappa shape index (κ1) is 19.6. The SMILES string of the molecule is C[C@@H](Nc1ccc(Cl)nc1C(=O)O)c1cccn2c(=O)cc(-c3ccccc3)nc12. The van der Waals surface area contributed by atoms with Crippen LogP contribution in [0.3, 0.4) is 0 Å². The Bertz CT molecular complexity index is 1310. The minimum Gasteiger partial charge on any atom is -0.476 e. The van der Waals surface area contributed by atoms with Gasteiger partial charge < -0.3 is 10.4 Å². The molecule has 0 saturated carbocycles. The van der Waals surface area contributed by atoms with Crippen LogP contribution < -0.4 is 10.9 Å². The molecule has 0 bridgehead atoms. The number of nitrogens with one attached hydrogen (secondary N) is 1. The molecular formula is C22H17ClN4O3. The van der Waals surface area contributed by atoms with Gasteiger partial charge in [-0.1, -0.05) is 48.0 Å². The molecule has 7 nitrogen and oxygen atoms in total. The maximum atomic E-state index is 12.7. The molecule has 0 aliphatic rings. The Morgan fingerprint density at radius 3 is 2.60 bits per heavy atom. The van der Waals surface area contributed by atoms with Crippen LogP contribution in [0, 0.1) is 0 Å². The zero-order chi connectivity index (χ0) is 21.3. The standard InChI is InChI=1S/C22H17ClN4O3/c1-13(24-16-9-10-18(23)26-20(16)22(29)30)15-8-5-11-27-19(28)12-17(25-21(15)27)14-6-3-2-4-7-14/h2-13,24H,1H3,(H,29,30)/t13-/m1/s1. The lowest BCUT2D eigenvalue weighted by molar-refractivity contribution is 0.0691. The van der Waals surface area contributed by atoms with Crippen molar-refractivity contribution in [3.05, 3.63) is 93.6 Å². The van der Waals surface area contributed by atoms with Crippen molar-refractivity contribution in [2.75, 3.05) is 5.32 Å². The number of carboxylic acids is 1. The normalized spacial score (nSPS) is 11.9. The summed E-state index contributed by atoms with van der Waals surface area (Å²) >= 11 is 5.84. The number of pyridine rings is 2. The molecule has 0 aliphatic heterocycles. The second-order valence-corrected chi connectivity index (χ2v) is 7.09. The van der Waals surface area contributed by atoms with E-state index < -0.39 is 5.97 Å². The van der Waals surface area contributed by atoms with Crippen LogP contribution in [0.2, 0.25) is 5.15 Å². The second-order valence-electron chi connectivity index (χ2n) is 6.70. The minimum atomic E-state index is -1.19. The van der Waals surface area contributed by atoms with Crippen molar-refractivity contribution in [2.45, 2.75) is 13.0 Å².